The second-order valence-electron chi connectivity index (χ2n) is 19.5. The number of aryl methyl sites for hydroxylation is 1. The van der Waals surface area contributed by atoms with E-state index < -0.39 is 71.3 Å². The number of aliphatic hydroxyl groups is 1. The van der Waals surface area contributed by atoms with Crippen molar-refractivity contribution in [2.45, 2.75) is 167 Å². The SMILES string of the molecule is CC(=O)N1CC[C@H]2CC[C@@H](C(=O)N[C@@H](CCC(N)=O)C(=O)NCCCCCCCCC(=O)NC(C(=O)N3C[C@H](O)C[C@H]3C(=O)NCc3ccc(-c4scnc4C)cc3)C(C)(C)C)N2C(=O)[C@@H](N)C1. The number of carbonyl (C=O) groups is 8. The van der Waals surface area contributed by atoms with Crippen molar-refractivity contribution in [3.05, 3.63) is 41.0 Å². The first kappa shape index (κ1) is 53.5. The van der Waals surface area contributed by atoms with Crippen LogP contribution in [0.1, 0.15) is 122 Å². The number of aliphatic hydroxyl groups excluding tert-OH is 1. The number of primary amides is 1. The molecule has 8 amide bonds. The fourth-order valence-corrected chi connectivity index (χ4v) is 10.0. The van der Waals surface area contributed by atoms with Gasteiger partial charge in [0.25, 0.3) is 0 Å². The zero-order chi connectivity index (χ0) is 49.7. The van der Waals surface area contributed by atoms with Crippen LogP contribution >= 0.6 is 11.3 Å². The number of hydrogen-bond acceptors (Lipinski definition) is 12. The van der Waals surface area contributed by atoms with E-state index in [9.17, 15) is 43.5 Å². The molecule has 3 aliphatic heterocycles. The third-order valence-corrected chi connectivity index (χ3v) is 14.1. The van der Waals surface area contributed by atoms with Gasteiger partial charge >= 0.3 is 0 Å². The molecular weight excluding hydrogens is 893 g/mol. The summed E-state index contributed by atoms with van der Waals surface area (Å²) in [4.78, 5) is 114. The molecule has 3 fully saturated rings. The highest BCUT2D eigenvalue weighted by atomic mass is 32.1. The Morgan fingerprint density at radius 3 is 2.22 bits per heavy atom. The first-order valence-electron chi connectivity index (χ1n) is 24.0. The topological polar surface area (TPSA) is 280 Å². The summed E-state index contributed by atoms with van der Waals surface area (Å²) in [7, 11) is 0. The zero-order valence-electron chi connectivity index (χ0n) is 40.2. The van der Waals surface area contributed by atoms with Crippen LogP contribution in [0.4, 0.5) is 0 Å². The molecule has 4 heterocycles. The van der Waals surface area contributed by atoms with Gasteiger partial charge in [-0.05, 0) is 62.0 Å². The van der Waals surface area contributed by atoms with Crippen LogP contribution in [0.2, 0.25) is 0 Å². The molecule has 0 spiro atoms. The number of fused-ring (bicyclic) bond motifs is 1. The quantitative estimate of drug-likeness (QED) is 0.0886. The van der Waals surface area contributed by atoms with Crippen LogP contribution in [0.3, 0.4) is 0 Å². The highest BCUT2D eigenvalue weighted by Gasteiger charge is 2.46. The van der Waals surface area contributed by atoms with E-state index in [0.29, 0.717) is 45.2 Å². The average Bonchev–Trinajstić information content (AvgIpc) is 4.03. The highest BCUT2D eigenvalue weighted by molar-refractivity contribution is 7.13. The van der Waals surface area contributed by atoms with Crippen LogP contribution in [0.25, 0.3) is 10.4 Å². The average molecular weight is 965 g/mol. The summed E-state index contributed by atoms with van der Waals surface area (Å²) in [6.07, 6.45) is 5.24. The molecule has 0 bridgehead atoms. The Balaban J connectivity index is 1.01. The molecule has 0 aliphatic carbocycles. The van der Waals surface area contributed by atoms with Crippen molar-refractivity contribution in [2.75, 3.05) is 26.2 Å². The number of nitrogens with two attached hydrogens (primary N) is 2. The van der Waals surface area contributed by atoms with Crippen molar-refractivity contribution < 1.29 is 43.5 Å². The van der Waals surface area contributed by atoms with E-state index >= 15 is 0 Å². The number of hydrogen-bond donors (Lipinski definition) is 7. The summed E-state index contributed by atoms with van der Waals surface area (Å²) >= 11 is 1.56. The Labute approximate surface area is 403 Å². The molecule has 1 aromatic carbocycles. The molecule has 374 valence electrons. The van der Waals surface area contributed by atoms with E-state index in [1.165, 1.54) is 16.7 Å². The van der Waals surface area contributed by atoms with Crippen LogP contribution in [0.5, 0.6) is 0 Å². The molecule has 7 atom stereocenters. The van der Waals surface area contributed by atoms with Crippen molar-refractivity contribution in [2.24, 2.45) is 16.9 Å². The fourth-order valence-electron chi connectivity index (χ4n) is 9.24. The van der Waals surface area contributed by atoms with Gasteiger partial charge in [0, 0.05) is 65.0 Å². The third kappa shape index (κ3) is 14.8. The van der Waals surface area contributed by atoms with E-state index in [0.717, 1.165) is 47.4 Å². The largest absolute Gasteiger partial charge is 0.391 e. The van der Waals surface area contributed by atoms with E-state index in [1.807, 2.05) is 52.0 Å². The summed E-state index contributed by atoms with van der Waals surface area (Å²) in [5.41, 5.74) is 15.6. The van der Waals surface area contributed by atoms with Crippen LogP contribution < -0.4 is 32.7 Å². The number of nitrogens with one attached hydrogen (secondary N) is 4. The summed E-state index contributed by atoms with van der Waals surface area (Å²) in [5.74, 6) is -3.24. The number of aromatic nitrogens is 1. The zero-order valence-corrected chi connectivity index (χ0v) is 41.0. The van der Waals surface area contributed by atoms with Gasteiger partial charge in [0.05, 0.1) is 22.2 Å². The number of unbranched alkanes of at least 4 members (excludes halogenated alkanes) is 5. The summed E-state index contributed by atoms with van der Waals surface area (Å²) < 4.78 is 0. The first-order valence-corrected chi connectivity index (χ1v) is 24.9. The van der Waals surface area contributed by atoms with Gasteiger partial charge in [-0.2, -0.15) is 0 Å². The maximum Gasteiger partial charge on any atom is 0.246 e. The predicted molar refractivity (Wildman–Crippen MR) is 256 cm³/mol. The lowest BCUT2D eigenvalue weighted by Crippen LogP contribution is -2.60. The van der Waals surface area contributed by atoms with E-state index in [1.54, 1.807) is 21.7 Å². The molecule has 0 saturated carbocycles. The van der Waals surface area contributed by atoms with Crippen LogP contribution in [0, 0.1) is 12.3 Å². The molecule has 2 aromatic rings. The second-order valence-corrected chi connectivity index (χ2v) is 20.4. The van der Waals surface area contributed by atoms with Crippen LogP contribution in [0.15, 0.2) is 29.8 Å². The summed E-state index contributed by atoms with van der Waals surface area (Å²) in [6.45, 7) is 9.98. The van der Waals surface area contributed by atoms with Gasteiger partial charge in [-0.1, -0.05) is 70.7 Å². The molecule has 3 saturated heterocycles. The van der Waals surface area contributed by atoms with Crippen molar-refractivity contribution in [1.82, 2.24) is 41.0 Å². The number of rotatable bonds is 21. The summed E-state index contributed by atoms with van der Waals surface area (Å²) in [5, 5.41) is 22.0. The molecule has 19 nitrogen and oxygen atoms in total. The lowest BCUT2D eigenvalue weighted by Gasteiger charge is -2.37. The van der Waals surface area contributed by atoms with E-state index in [-0.39, 0.29) is 69.1 Å². The standard InChI is InChI=1S/C48H72N10O9S/c1-29-41(68-28-53-29)32-15-13-31(14-16-32)25-52-44(64)38-24-34(60)26-57(38)47(67)42(48(3,4)5)55-40(62)12-10-8-6-7-9-11-22-51-43(63)36(18-20-39(50)61)54-45(65)37-19-17-33-21-23-56(30(2)59)27-35(49)46(66)58(33)37/h13-16,28,33-38,42,60H,6-12,17-27,49H2,1-5H3,(H2,50,61)(H,51,63)(H,52,64)(H,54,65)(H,55,62)/t33-,34-,35+,36+,37+,38+,42?/m1/s1. The number of β-amino-alcohol motifs (C(OH)–C–C–N with tert-alkyl or cyclic N) is 1. The Morgan fingerprint density at radius 2 is 1.57 bits per heavy atom. The molecule has 5 rings (SSSR count). The number of carbonyl (C=O) groups excluding carboxylic acids is 8. The monoisotopic (exact) mass is 965 g/mol. The van der Waals surface area contributed by atoms with Gasteiger partial charge in [-0.3, -0.25) is 38.4 Å². The number of amides is 8. The van der Waals surface area contributed by atoms with E-state index in [2.05, 4.69) is 26.3 Å². The van der Waals surface area contributed by atoms with Crippen LogP contribution in [-0.4, -0.2) is 141 Å². The Morgan fingerprint density at radius 1 is 0.882 bits per heavy atom. The second kappa shape index (κ2) is 24.7. The normalized spacial score (nSPS) is 21.5. The number of nitrogens with zero attached hydrogens (tertiary/aromatic N) is 4. The van der Waals surface area contributed by atoms with Gasteiger partial charge in [0.2, 0.25) is 47.3 Å². The maximum absolute atomic E-state index is 14.0. The lowest BCUT2D eigenvalue weighted by atomic mass is 9.85. The number of benzene rings is 1. The van der Waals surface area contributed by atoms with E-state index in [4.69, 9.17) is 11.5 Å². The van der Waals surface area contributed by atoms with Gasteiger partial charge in [0.15, 0.2) is 0 Å². The van der Waals surface area contributed by atoms with Crippen molar-refractivity contribution in [1.29, 1.82) is 0 Å². The van der Waals surface area contributed by atoms with Crippen molar-refractivity contribution in [3.63, 3.8) is 0 Å². The van der Waals surface area contributed by atoms with Crippen molar-refractivity contribution >= 4 is 58.6 Å². The molecule has 1 unspecified atom stereocenters. The maximum atomic E-state index is 14.0. The van der Waals surface area contributed by atoms with Crippen molar-refractivity contribution in [3.8, 4) is 10.4 Å². The minimum absolute atomic E-state index is 0.00699. The number of thiazole rings is 1. The van der Waals surface area contributed by atoms with Crippen LogP contribution in [-0.2, 0) is 44.9 Å². The fraction of sp³-hybridized carbons (Fsp3) is 0.646. The molecule has 3 aliphatic rings. The molecule has 9 N–H and O–H groups in total. The molecule has 0 radical (unpaired) electrons. The smallest absolute Gasteiger partial charge is 0.246 e. The Bertz CT molecular complexity index is 2110. The molecule has 68 heavy (non-hydrogen) atoms. The van der Waals surface area contributed by atoms with Gasteiger partial charge < -0.3 is 52.5 Å². The minimum Gasteiger partial charge on any atom is -0.391 e. The van der Waals surface area contributed by atoms with Gasteiger partial charge in [-0.25, -0.2) is 4.98 Å². The number of likely N-dealkylation sites (tertiary alicyclic amines) is 1. The molecule has 1 aromatic heterocycles. The van der Waals surface area contributed by atoms with Gasteiger partial charge in [0.1, 0.15) is 30.2 Å². The third-order valence-electron chi connectivity index (χ3n) is 13.1. The molecule has 20 heteroatoms. The molecular formula is C48H72N10O9S. The summed E-state index contributed by atoms with van der Waals surface area (Å²) in [6, 6.07) is 2.91. The predicted octanol–water partition coefficient (Wildman–Crippen LogP) is 1.76. The first-order chi connectivity index (χ1) is 32.2. The Kier molecular flexibility index (Phi) is 19.4. The highest BCUT2D eigenvalue weighted by Crippen LogP contribution is 2.31. The minimum atomic E-state index is -1.04. The Hall–Kier alpha value is -5.47. The van der Waals surface area contributed by atoms with Gasteiger partial charge in [-0.15, -0.1) is 11.3 Å². The lowest BCUT2D eigenvalue weighted by molar-refractivity contribution is -0.144.